The van der Waals surface area contributed by atoms with E-state index in [1.165, 1.54) is 19.2 Å². The van der Waals surface area contributed by atoms with E-state index in [9.17, 15) is 14.4 Å². The predicted octanol–water partition coefficient (Wildman–Crippen LogP) is 3.08. The van der Waals surface area contributed by atoms with Gasteiger partial charge in [0.15, 0.2) is 0 Å². The normalized spacial score (nSPS) is 11.5. The van der Waals surface area contributed by atoms with E-state index in [0.717, 1.165) is 5.69 Å². The first-order chi connectivity index (χ1) is 11.5. The number of nitriles is 1. The van der Waals surface area contributed by atoms with Crippen LogP contribution in [0.3, 0.4) is 0 Å². The molecule has 1 unspecified atom stereocenters. The first-order valence-corrected chi connectivity index (χ1v) is 7.41. The molecule has 1 aromatic carbocycles. The standard InChI is InChI=1S/C18H18FN3O2/c1-11-8-17(15(9-20)12(2)22-11)21-10-16(18(23)24-3)13-4-6-14(19)7-5-13/h4-8,16H,10H2,1-3H3,(H,21,22). The van der Waals surface area contributed by atoms with Crippen molar-refractivity contribution in [3.63, 3.8) is 0 Å². The van der Waals surface area contributed by atoms with Crippen molar-refractivity contribution in [3.05, 3.63) is 58.7 Å². The van der Waals surface area contributed by atoms with Gasteiger partial charge in [0, 0.05) is 12.2 Å². The summed E-state index contributed by atoms with van der Waals surface area (Å²) in [6.45, 7) is 3.81. The van der Waals surface area contributed by atoms with Gasteiger partial charge in [-0.05, 0) is 37.6 Å². The fraction of sp³-hybridized carbons (Fsp3) is 0.278. The first-order valence-electron chi connectivity index (χ1n) is 7.41. The van der Waals surface area contributed by atoms with Crippen LogP contribution in [-0.2, 0) is 9.53 Å². The lowest BCUT2D eigenvalue weighted by Crippen LogP contribution is -2.23. The topological polar surface area (TPSA) is 75.0 Å². The number of esters is 1. The molecule has 0 saturated heterocycles. The van der Waals surface area contributed by atoms with Crippen LogP contribution in [0.15, 0.2) is 30.3 Å². The number of carbonyl (C=O) groups is 1. The number of methoxy groups -OCH3 is 1. The second-order valence-corrected chi connectivity index (χ2v) is 5.39. The molecule has 1 atom stereocenters. The van der Waals surface area contributed by atoms with E-state index in [4.69, 9.17) is 4.74 Å². The minimum atomic E-state index is -0.615. The highest BCUT2D eigenvalue weighted by molar-refractivity contribution is 5.79. The van der Waals surface area contributed by atoms with Gasteiger partial charge in [0.1, 0.15) is 11.9 Å². The van der Waals surface area contributed by atoms with Crippen LogP contribution in [0.25, 0.3) is 0 Å². The minimum absolute atomic E-state index is 0.218. The van der Waals surface area contributed by atoms with Crippen molar-refractivity contribution in [2.24, 2.45) is 0 Å². The van der Waals surface area contributed by atoms with Crippen LogP contribution in [0.5, 0.6) is 0 Å². The zero-order chi connectivity index (χ0) is 17.7. The zero-order valence-corrected chi connectivity index (χ0v) is 13.8. The molecule has 1 aromatic heterocycles. The zero-order valence-electron chi connectivity index (χ0n) is 13.8. The number of carbonyl (C=O) groups excluding carboxylic acids is 1. The van der Waals surface area contributed by atoms with Crippen molar-refractivity contribution >= 4 is 11.7 Å². The summed E-state index contributed by atoms with van der Waals surface area (Å²) in [4.78, 5) is 16.3. The van der Waals surface area contributed by atoms with Crippen molar-refractivity contribution in [2.75, 3.05) is 19.0 Å². The second kappa shape index (κ2) is 7.55. The SMILES string of the molecule is COC(=O)C(CNc1cc(C)nc(C)c1C#N)c1ccc(F)cc1. The summed E-state index contributed by atoms with van der Waals surface area (Å²) in [5, 5.41) is 12.4. The molecule has 6 heteroatoms. The van der Waals surface area contributed by atoms with Crippen molar-refractivity contribution < 1.29 is 13.9 Å². The molecule has 0 fully saturated rings. The van der Waals surface area contributed by atoms with E-state index in [1.807, 2.05) is 6.92 Å². The largest absolute Gasteiger partial charge is 0.468 e. The molecule has 24 heavy (non-hydrogen) atoms. The van der Waals surface area contributed by atoms with E-state index < -0.39 is 11.9 Å². The highest BCUT2D eigenvalue weighted by Gasteiger charge is 2.22. The van der Waals surface area contributed by atoms with Crippen molar-refractivity contribution in [3.8, 4) is 6.07 Å². The summed E-state index contributed by atoms with van der Waals surface area (Å²) in [5.74, 6) is -1.42. The Morgan fingerprint density at radius 1 is 1.38 bits per heavy atom. The van der Waals surface area contributed by atoms with Crippen molar-refractivity contribution in [1.82, 2.24) is 4.98 Å². The number of pyridine rings is 1. The molecule has 0 aliphatic rings. The Morgan fingerprint density at radius 3 is 2.62 bits per heavy atom. The maximum atomic E-state index is 13.1. The molecule has 0 aliphatic carbocycles. The highest BCUT2D eigenvalue weighted by atomic mass is 19.1. The van der Waals surface area contributed by atoms with E-state index in [0.29, 0.717) is 22.5 Å². The lowest BCUT2D eigenvalue weighted by molar-refractivity contribution is -0.142. The maximum absolute atomic E-state index is 13.1. The van der Waals surface area contributed by atoms with E-state index in [2.05, 4.69) is 16.4 Å². The molecule has 2 aromatic rings. The molecule has 0 radical (unpaired) electrons. The van der Waals surface area contributed by atoms with Crippen LogP contribution in [-0.4, -0.2) is 24.6 Å². The van der Waals surface area contributed by atoms with Gasteiger partial charge in [-0.1, -0.05) is 12.1 Å². The van der Waals surface area contributed by atoms with Crippen LogP contribution >= 0.6 is 0 Å². The lowest BCUT2D eigenvalue weighted by Gasteiger charge is -2.18. The number of hydrogen-bond acceptors (Lipinski definition) is 5. The molecular formula is C18H18FN3O2. The molecule has 0 amide bonds. The van der Waals surface area contributed by atoms with E-state index in [-0.39, 0.29) is 12.4 Å². The van der Waals surface area contributed by atoms with Gasteiger partial charge >= 0.3 is 5.97 Å². The fourth-order valence-electron chi connectivity index (χ4n) is 2.50. The summed E-state index contributed by atoms with van der Waals surface area (Å²) >= 11 is 0. The summed E-state index contributed by atoms with van der Waals surface area (Å²) in [6.07, 6.45) is 0. The smallest absolute Gasteiger partial charge is 0.314 e. The molecule has 0 saturated carbocycles. The Labute approximate surface area is 140 Å². The summed E-state index contributed by atoms with van der Waals surface area (Å²) in [7, 11) is 1.31. The molecular weight excluding hydrogens is 309 g/mol. The highest BCUT2D eigenvalue weighted by Crippen LogP contribution is 2.22. The van der Waals surface area contributed by atoms with Crippen molar-refractivity contribution in [1.29, 1.82) is 5.26 Å². The average Bonchev–Trinajstić information content (AvgIpc) is 2.56. The molecule has 0 bridgehead atoms. The van der Waals surface area contributed by atoms with Crippen molar-refractivity contribution in [2.45, 2.75) is 19.8 Å². The number of aromatic nitrogens is 1. The fourth-order valence-corrected chi connectivity index (χ4v) is 2.50. The van der Waals surface area contributed by atoms with Crippen LogP contribution in [0.2, 0.25) is 0 Å². The number of aryl methyl sites for hydroxylation is 2. The van der Waals surface area contributed by atoms with Gasteiger partial charge in [-0.3, -0.25) is 9.78 Å². The molecule has 124 valence electrons. The van der Waals surface area contributed by atoms with Gasteiger partial charge in [0.25, 0.3) is 0 Å². The van der Waals surface area contributed by atoms with Gasteiger partial charge < -0.3 is 10.1 Å². The average molecular weight is 327 g/mol. The Bertz CT molecular complexity index is 782. The quantitative estimate of drug-likeness (QED) is 0.854. The van der Waals surface area contributed by atoms with Crippen LogP contribution in [0.4, 0.5) is 10.1 Å². The third-order valence-electron chi connectivity index (χ3n) is 3.69. The Kier molecular flexibility index (Phi) is 5.48. The third kappa shape index (κ3) is 3.87. The molecule has 0 spiro atoms. The maximum Gasteiger partial charge on any atom is 0.314 e. The Hall–Kier alpha value is -2.94. The summed E-state index contributed by atoms with van der Waals surface area (Å²) in [5.41, 5.74) is 3.07. The number of anilines is 1. The lowest BCUT2D eigenvalue weighted by atomic mass is 9.98. The van der Waals surface area contributed by atoms with Crippen LogP contribution in [0, 0.1) is 31.0 Å². The minimum Gasteiger partial charge on any atom is -0.468 e. The van der Waals surface area contributed by atoms with E-state index in [1.54, 1.807) is 25.1 Å². The first kappa shape index (κ1) is 17.4. The number of hydrogen-bond donors (Lipinski definition) is 1. The molecule has 5 nitrogen and oxygen atoms in total. The second-order valence-electron chi connectivity index (χ2n) is 5.39. The van der Waals surface area contributed by atoms with Gasteiger partial charge in [0.05, 0.1) is 30.0 Å². The summed E-state index contributed by atoms with van der Waals surface area (Å²) < 4.78 is 17.9. The Morgan fingerprint density at radius 2 is 2.04 bits per heavy atom. The number of nitrogens with one attached hydrogen (secondary N) is 1. The predicted molar refractivity (Wildman–Crippen MR) is 88.1 cm³/mol. The van der Waals surface area contributed by atoms with E-state index >= 15 is 0 Å². The number of halogens is 1. The van der Waals surface area contributed by atoms with Gasteiger partial charge in [-0.25, -0.2) is 4.39 Å². The number of nitrogens with zero attached hydrogens (tertiary/aromatic N) is 2. The van der Waals surface area contributed by atoms with Gasteiger partial charge in [-0.15, -0.1) is 0 Å². The van der Waals surface area contributed by atoms with Crippen LogP contribution in [0.1, 0.15) is 28.4 Å². The summed E-state index contributed by atoms with van der Waals surface area (Å²) in [6, 6.07) is 9.56. The number of benzene rings is 1. The monoisotopic (exact) mass is 327 g/mol. The molecule has 1 N–H and O–H groups in total. The third-order valence-corrected chi connectivity index (χ3v) is 3.69. The van der Waals surface area contributed by atoms with Crippen LogP contribution < -0.4 is 5.32 Å². The number of rotatable bonds is 5. The van der Waals surface area contributed by atoms with Gasteiger partial charge in [-0.2, -0.15) is 5.26 Å². The molecule has 2 rings (SSSR count). The number of ether oxygens (including phenoxy) is 1. The molecule has 1 heterocycles. The molecule has 0 aliphatic heterocycles. The Balaban J connectivity index is 2.28. The van der Waals surface area contributed by atoms with Gasteiger partial charge in [0.2, 0.25) is 0 Å².